The Labute approximate surface area is 201 Å². The first-order valence-electron chi connectivity index (χ1n) is 11.8. The molecule has 0 spiro atoms. The van der Waals surface area contributed by atoms with Crippen LogP contribution < -0.4 is 4.74 Å². The molecule has 2 aromatic carbocycles. The maximum Gasteiger partial charge on any atom is 0.256 e. The molecule has 1 fully saturated rings. The van der Waals surface area contributed by atoms with Gasteiger partial charge in [-0.15, -0.1) is 0 Å². The van der Waals surface area contributed by atoms with E-state index in [1.807, 2.05) is 55.5 Å². The van der Waals surface area contributed by atoms with Crippen LogP contribution in [0, 0.1) is 0 Å². The first kappa shape index (κ1) is 23.7. The summed E-state index contributed by atoms with van der Waals surface area (Å²) in [5.74, 6) is 1.71. The van der Waals surface area contributed by atoms with Crippen LogP contribution in [0.25, 0.3) is 0 Å². The molecular weight excluding hydrogens is 428 g/mol. The quantitative estimate of drug-likeness (QED) is 0.552. The summed E-state index contributed by atoms with van der Waals surface area (Å²) in [5.41, 5.74) is 1.06. The van der Waals surface area contributed by atoms with E-state index in [0.29, 0.717) is 24.5 Å². The van der Waals surface area contributed by atoms with Gasteiger partial charge in [0, 0.05) is 32.5 Å². The zero-order chi connectivity index (χ0) is 24.0. The van der Waals surface area contributed by atoms with Crippen molar-refractivity contribution in [2.75, 3.05) is 39.8 Å². The molecule has 0 atom stereocenters. The zero-order valence-corrected chi connectivity index (χ0v) is 19.9. The first-order chi connectivity index (χ1) is 16.5. The number of para-hydroxylation sites is 1. The summed E-state index contributed by atoms with van der Waals surface area (Å²) in [7, 11) is 1.77. The number of nitrogens with zero attached hydrogens (tertiary/aromatic N) is 4. The zero-order valence-electron chi connectivity index (χ0n) is 19.9. The Kier molecular flexibility index (Phi) is 7.43. The Morgan fingerprint density at radius 3 is 2.44 bits per heavy atom. The molecule has 1 N–H and O–H groups in total. The molecule has 1 aliphatic rings. The molecule has 0 bridgehead atoms. The van der Waals surface area contributed by atoms with Crippen LogP contribution >= 0.6 is 0 Å². The van der Waals surface area contributed by atoms with Crippen molar-refractivity contribution in [1.82, 2.24) is 19.8 Å². The number of likely N-dealkylation sites (tertiary alicyclic amines) is 1. The molecule has 34 heavy (non-hydrogen) atoms. The highest BCUT2D eigenvalue weighted by atomic mass is 16.5. The van der Waals surface area contributed by atoms with Crippen LogP contribution in [0.4, 0.5) is 0 Å². The summed E-state index contributed by atoms with van der Waals surface area (Å²) in [6.45, 7) is 5.73. The lowest BCUT2D eigenvalue weighted by Gasteiger charge is -2.41. The van der Waals surface area contributed by atoms with Crippen molar-refractivity contribution in [2.45, 2.75) is 25.2 Å². The number of amides is 1. The van der Waals surface area contributed by atoms with Crippen molar-refractivity contribution in [3.05, 3.63) is 83.9 Å². The van der Waals surface area contributed by atoms with Crippen molar-refractivity contribution in [3.63, 3.8) is 0 Å². The summed E-state index contributed by atoms with van der Waals surface area (Å²) in [4.78, 5) is 25.8. The van der Waals surface area contributed by atoms with E-state index in [-0.39, 0.29) is 11.7 Å². The Bertz CT molecular complexity index is 1080. The third-order valence-electron chi connectivity index (χ3n) is 6.68. The lowest BCUT2D eigenvalue weighted by molar-refractivity contribution is 0.0801. The van der Waals surface area contributed by atoms with Crippen LogP contribution in [-0.4, -0.2) is 70.6 Å². The number of phenolic OH excluding ortho intramolecular Hbond substituents is 1. The van der Waals surface area contributed by atoms with Gasteiger partial charge in [-0.2, -0.15) is 0 Å². The van der Waals surface area contributed by atoms with Gasteiger partial charge >= 0.3 is 0 Å². The molecule has 0 saturated carbocycles. The van der Waals surface area contributed by atoms with Gasteiger partial charge in [0.25, 0.3) is 5.91 Å². The van der Waals surface area contributed by atoms with Crippen molar-refractivity contribution in [2.24, 2.45) is 0 Å². The van der Waals surface area contributed by atoms with Gasteiger partial charge in [0.1, 0.15) is 23.9 Å². The van der Waals surface area contributed by atoms with Gasteiger partial charge in [0.15, 0.2) is 0 Å². The Morgan fingerprint density at radius 1 is 1.09 bits per heavy atom. The fourth-order valence-electron chi connectivity index (χ4n) is 4.46. The SMILES string of the molecule is CCN(C)C(=O)c1cnc(C2(c3cccc(O)c3)CCN(CCOc3ccccc3)CC2)nc1. The summed E-state index contributed by atoms with van der Waals surface area (Å²) < 4.78 is 5.87. The number of aromatic nitrogens is 2. The third kappa shape index (κ3) is 5.20. The van der Waals surface area contributed by atoms with Crippen LogP contribution in [0.15, 0.2) is 67.0 Å². The molecule has 178 valence electrons. The van der Waals surface area contributed by atoms with Gasteiger partial charge in [-0.05, 0) is 62.7 Å². The second kappa shape index (κ2) is 10.7. The minimum Gasteiger partial charge on any atom is -0.508 e. The molecule has 4 rings (SSSR count). The molecule has 2 heterocycles. The van der Waals surface area contributed by atoms with Gasteiger partial charge in [-0.3, -0.25) is 9.69 Å². The fourth-order valence-corrected chi connectivity index (χ4v) is 4.46. The molecule has 1 amide bonds. The molecule has 0 unspecified atom stereocenters. The molecule has 3 aromatic rings. The Balaban J connectivity index is 1.50. The van der Waals surface area contributed by atoms with E-state index in [4.69, 9.17) is 4.74 Å². The van der Waals surface area contributed by atoms with Gasteiger partial charge in [-0.25, -0.2) is 9.97 Å². The van der Waals surface area contributed by atoms with E-state index in [1.54, 1.807) is 30.4 Å². The lowest BCUT2D eigenvalue weighted by atomic mass is 9.72. The second-order valence-electron chi connectivity index (χ2n) is 8.75. The predicted molar refractivity (Wildman–Crippen MR) is 131 cm³/mol. The van der Waals surface area contributed by atoms with Crippen LogP contribution in [0.2, 0.25) is 0 Å². The highest BCUT2D eigenvalue weighted by Crippen LogP contribution is 2.41. The average molecular weight is 461 g/mol. The number of ether oxygens (including phenoxy) is 1. The predicted octanol–water partition coefficient (Wildman–Crippen LogP) is 3.74. The molecule has 0 radical (unpaired) electrons. The average Bonchev–Trinajstić information content (AvgIpc) is 2.89. The molecular formula is C27H32N4O3. The summed E-state index contributed by atoms with van der Waals surface area (Å²) >= 11 is 0. The maximum atomic E-state index is 12.5. The van der Waals surface area contributed by atoms with E-state index < -0.39 is 5.41 Å². The summed E-state index contributed by atoms with van der Waals surface area (Å²) in [6.07, 6.45) is 4.87. The van der Waals surface area contributed by atoms with Gasteiger partial charge < -0.3 is 14.7 Å². The van der Waals surface area contributed by atoms with Crippen LogP contribution in [0.1, 0.15) is 41.5 Å². The lowest BCUT2D eigenvalue weighted by Crippen LogP contribution is -2.45. The number of carbonyl (C=O) groups excluding carboxylic acids is 1. The largest absolute Gasteiger partial charge is 0.508 e. The number of rotatable bonds is 8. The third-order valence-corrected chi connectivity index (χ3v) is 6.68. The highest BCUT2D eigenvalue weighted by molar-refractivity contribution is 5.93. The van der Waals surface area contributed by atoms with E-state index in [9.17, 15) is 9.90 Å². The fraction of sp³-hybridized carbons (Fsp3) is 0.370. The number of benzene rings is 2. The second-order valence-corrected chi connectivity index (χ2v) is 8.75. The maximum absolute atomic E-state index is 12.5. The Morgan fingerprint density at radius 2 is 1.79 bits per heavy atom. The monoisotopic (exact) mass is 460 g/mol. The number of hydrogen-bond donors (Lipinski definition) is 1. The topological polar surface area (TPSA) is 78.8 Å². The number of carbonyl (C=O) groups is 1. The summed E-state index contributed by atoms with van der Waals surface area (Å²) in [5, 5.41) is 10.2. The summed E-state index contributed by atoms with van der Waals surface area (Å²) in [6, 6.07) is 17.2. The van der Waals surface area contributed by atoms with E-state index in [0.717, 1.165) is 43.8 Å². The molecule has 0 aliphatic carbocycles. The smallest absolute Gasteiger partial charge is 0.256 e. The minimum atomic E-state index is -0.423. The molecule has 1 saturated heterocycles. The normalized spacial score (nSPS) is 15.6. The molecule has 7 nitrogen and oxygen atoms in total. The van der Waals surface area contributed by atoms with Gasteiger partial charge in [0.05, 0.1) is 11.0 Å². The van der Waals surface area contributed by atoms with Crippen LogP contribution in [-0.2, 0) is 5.41 Å². The highest BCUT2D eigenvalue weighted by Gasteiger charge is 2.40. The number of hydrogen-bond acceptors (Lipinski definition) is 6. The molecule has 1 aromatic heterocycles. The number of piperidine rings is 1. The van der Waals surface area contributed by atoms with E-state index in [2.05, 4.69) is 14.9 Å². The van der Waals surface area contributed by atoms with Crippen molar-refractivity contribution < 1.29 is 14.6 Å². The van der Waals surface area contributed by atoms with Gasteiger partial charge in [-0.1, -0.05) is 30.3 Å². The molecule has 7 heteroatoms. The molecule has 1 aliphatic heterocycles. The number of aromatic hydroxyl groups is 1. The van der Waals surface area contributed by atoms with Crippen molar-refractivity contribution in [1.29, 1.82) is 0 Å². The standard InChI is InChI=1S/C27H32N4O3/c1-3-30(2)25(33)21-19-28-26(29-20-21)27(22-8-7-9-23(32)18-22)12-14-31(15-13-27)16-17-34-24-10-5-4-6-11-24/h4-11,18-20,32H,3,12-17H2,1-2H3. The van der Waals surface area contributed by atoms with Crippen LogP contribution in [0.3, 0.4) is 0 Å². The van der Waals surface area contributed by atoms with Crippen molar-refractivity contribution >= 4 is 5.91 Å². The number of phenols is 1. The first-order valence-corrected chi connectivity index (χ1v) is 11.8. The van der Waals surface area contributed by atoms with E-state index >= 15 is 0 Å². The van der Waals surface area contributed by atoms with E-state index in [1.165, 1.54) is 0 Å². The van der Waals surface area contributed by atoms with Gasteiger partial charge in [0.2, 0.25) is 0 Å². The Hall–Kier alpha value is -3.45. The minimum absolute atomic E-state index is 0.0892. The van der Waals surface area contributed by atoms with Crippen molar-refractivity contribution in [3.8, 4) is 11.5 Å². The van der Waals surface area contributed by atoms with Crippen LogP contribution in [0.5, 0.6) is 11.5 Å².